The number of nitrogens with zero attached hydrogens (tertiary/aromatic N) is 1. The molecule has 1 saturated carbocycles. The third-order valence-electron chi connectivity index (χ3n) is 3.27. The lowest BCUT2D eigenvalue weighted by atomic mass is 9.84. The fraction of sp³-hybridized carbons (Fsp3) is 0.462. The SMILES string of the molecule is Nc1ccccc1N(CCO)C(=O)C1CCC1. The van der Waals surface area contributed by atoms with Crippen molar-refractivity contribution in [1.29, 1.82) is 0 Å². The molecule has 1 aromatic rings. The van der Waals surface area contributed by atoms with Crippen LogP contribution in [0.15, 0.2) is 24.3 Å². The number of aliphatic hydroxyl groups is 1. The van der Waals surface area contributed by atoms with Gasteiger partial charge in [-0.1, -0.05) is 18.6 Å². The molecule has 0 radical (unpaired) electrons. The smallest absolute Gasteiger partial charge is 0.230 e. The number of aliphatic hydroxyl groups excluding tert-OH is 1. The van der Waals surface area contributed by atoms with Gasteiger partial charge in [0.15, 0.2) is 0 Å². The molecule has 0 heterocycles. The van der Waals surface area contributed by atoms with E-state index in [1.807, 2.05) is 18.2 Å². The molecule has 1 fully saturated rings. The van der Waals surface area contributed by atoms with Gasteiger partial charge in [0.25, 0.3) is 0 Å². The van der Waals surface area contributed by atoms with E-state index in [-0.39, 0.29) is 18.4 Å². The third-order valence-corrected chi connectivity index (χ3v) is 3.27. The number of anilines is 2. The van der Waals surface area contributed by atoms with E-state index >= 15 is 0 Å². The second-order valence-electron chi connectivity index (χ2n) is 4.40. The zero-order valence-electron chi connectivity index (χ0n) is 9.80. The van der Waals surface area contributed by atoms with Crippen LogP contribution in [0.3, 0.4) is 0 Å². The Labute approximate surface area is 101 Å². The average Bonchev–Trinajstić information content (AvgIpc) is 2.24. The molecule has 0 spiro atoms. The summed E-state index contributed by atoms with van der Waals surface area (Å²) in [5, 5.41) is 9.08. The highest BCUT2D eigenvalue weighted by molar-refractivity contribution is 5.98. The second-order valence-corrected chi connectivity index (χ2v) is 4.40. The fourth-order valence-corrected chi connectivity index (χ4v) is 2.06. The molecule has 3 N–H and O–H groups in total. The summed E-state index contributed by atoms with van der Waals surface area (Å²) in [6.45, 7) is 0.260. The van der Waals surface area contributed by atoms with Crippen LogP contribution in [0.2, 0.25) is 0 Å². The van der Waals surface area contributed by atoms with E-state index in [9.17, 15) is 4.79 Å². The number of amides is 1. The molecular formula is C13H18N2O2. The zero-order chi connectivity index (χ0) is 12.3. The van der Waals surface area contributed by atoms with Crippen LogP contribution in [-0.4, -0.2) is 24.2 Å². The van der Waals surface area contributed by atoms with Crippen LogP contribution in [-0.2, 0) is 4.79 Å². The van der Waals surface area contributed by atoms with Crippen LogP contribution >= 0.6 is 0 Å². The number of carbonyl (C=O) groups is 1. The summed E-state index contributed by atoms with van der Waals surface area (Å²) in [5.41, 5.74) is 7.16. The molecule has 0 unspecified atom stereocenters. The predicted molar refractivity (Wildman–Crippen MR) is 67.6 cm³/mol. The van der Waals surface area contributed by atoms with E-state index in [1.165, 1.54) is 0 Å². The van der Waals surface area contributed by atoms with Crippen molar-refractivity contribution < 1.29 is 9.90 Å². The lowest BCUT2D eigenvalue weighted by molar-refractivity contribution is -0.124. The van der Waals surface area contributed by atoms with Gasteiger partial charge in [-0.15, -0.1) is 0 Å². The minimum absolute atomic E-state index is 0.0488. The maximum absolute atomic E-state index is 12.2. The Hall–Kier alpha value is -1.55. The number of para-hydroxylation sites is 2. The summed E-state index contributed by atoms with van der Waals surface area (Å²) in [6, 6.07) is 7.28. The first kappa shape index (κ1) is 11.9. The Bertz CT molecular complexity index is 402. The van der Waals surface area contributed by atoms with Crippen molar-refractivity contribution in [2.75, 3.05) is 23.8 Å². The van der Waals surface area contributed by atoms with E-state index in [1.54, 1.807) is 11.0 Å². The lowest BCUT2D eigenvalue weighted by Gasteiger charge is -2.32. The van der Waals surface area contributed by atoms with E-state index in [0.29, 0.717) is 17.9 Å². The first-order valence-corrected chi connectivity index (χ1v) is 6.00. The lowest BCUT2D eigenvalue weighted by Crippen LogP contribution is -2.41. The van der Waals surface area contributed by atoms with Crippen LogP contribution < -0.4 is 10.6 Å². The highest BCUT2D eigenvalue weighted by Crippen LogP contribution is 2.31. The number of carbonyl (C=O) groups excluding carboxylic acids is 1. The maximum atomic E-state index is 12.2. The minimum atomic E-state index is -0.0488. The fourth-order valence-electron chi connectivity index (χ4n) is 2.06. The topological polar surface area (TPSA) is 66.6 Å². The summed E-state index contributed by atoms with van der Waals surface area (Å²) in [6.07, 6.45) is 3.02. The predicted octanol–water partition coefficient (Wildman–Crippen LogP) is 1.39. The van der Waals surface area contributed by atoms with Gasteiger partial charge in [-0.05, 0) is 25.0 Å². The number of hydrogen-bond acceptors (Lipinski definition) is 3. The molecule has 1 amide bonds. The molecule has 92 valence electrons. The van der Waals surface area contributed by atoms with Gasteiger partial charge in [-0.3, -0.25) is 4.79 Å². The van der Waals surface area contributed by atoms with Crippen LogP contribution in [0.25, 0.3) is 0 Å². The molecule has 17 heavy (non-hydrogen) atoms. The average molecular weight is 234 g/mol. The van der Waals surface area contributed by atoms with Crippen molar-refractivity contribution in [2.24, 2.45) is 5.92 Å². The van der Waals surface area contributed by atoms with Gasteiger partial charge in [0.05, 0.1) is 18.0 Å². The van der Waals surface area contributed by atoms with E-state index < -0.39 is 0 Å². The summed E-state index contributed by atoms with van der Waals surface area (Å²) < 4.78 is 0. The highest BCUT2D eigenvalue weighted by Gasteiger charge is 2.30. The van der Waals surface area contributed by atoms with Crippen molar-refractivity contribution in [3.05, 3.63) is 24.3 Å². The standard InChI is InChI=1S/C13H18N2O2/c14-11-6-1-2-7-12(11)15(8-9-16)13(17)10-4-3-5-10/h1-2,6-7,10,16H,3-5,8-9,14H2. The molecule has 0 saturated heterocycles. The molecule has 0 aromatic heterocycles. The first-order valence-electron chi connectivity index (χ1n) is 6.00. The summed E-state index contributed by atoms with van der Waals surface area (Å²) in [5.74, 6) is 0.198. The number of benzene rings is 1. The van der Waals surface area contributed by atoms with E-state index in [4.69, 9.17) is 10.8 Å². The van der Waals surface area contributed by atoms with Crippen molar-refractivity contribution in [3.8, 4) is 0 Å². The second kappa shape index (κ2) is 5.19. The van der Waals surface area contributed by atoms with Gasteiger partial charge in [-0.2, -0.15) is 0 Å². The van der Waals surface area contributed by atoms with Crippen LogP contribution in [0, 0.1) is 5.92 Å². The normalized spacial score (nSPS) is 15.4. The summed E-state index contributed by atoms with van der Waals surface area (Å²) in [4.78, 5) is 13.8. The van der Waals surface area contributed by atoms with Crippen molar-refractivity contribution in [2.45, 2.75) is 19.3 Å². The molecule has 0 atom stereocenters. The van der Waals surface area contributed by atoms with E-state index in [0.717, 1.165) is 19.3 Å². The quantitative estimate of drug-likeness (QED) is 0.774. The molecule has 1 aliphatic carbocycles. The van der Waals surface area contributed by atoms with Gasteiger partial charge in [0, 0.05) is 12.5 Å². The van der Waals surface area contributed by atoms with Crippen molar-refractivity contribution in [3.63, 3.8) is 0 Å². The Morgan fingerprint density at radius 2 is 2.12 bits per heavy atom. The molecule has 4 nitrogen and oxygen atoms in total. The van der Waals surface area contributed by atoms with Crippen LogP contribution in [0.5, 0.6) is 0 Å². The number of hydrogen-bond donors (Lipinski definition) is 2. The largest absolute Gasteiger partial charge is 0.397 e. The van der Waals surface area contributed by atoms with E-state index in [2.05, 4.69) is 0 Å². The summed E-state index contributed by atoms with van der Waals surface area (Å²) in [7, 11) is 0. The number of rotatable bonds is 4. The summed E-state index contributed by atoms with van der Waals surface area (Å²) >= 11 is 0. The van der Waals surface area contributed by atoms with Gasteiger partial charge < -0.3 is 15.7 Å². The monoisotopic (exact) mass is 234 g/mol. The Morgan fingerprint density at radius 3 is 2.65 bits per heavy atom. The van der Waals surface area contributed by atoms with Crippen LogP contribution in [0.4, 0.5) is 11.4 Å². The Kier molecular flexibility index (Phi) is 3.64. The third kappa shape index (κ3) is 2.42. The molecule has 0 bridgehead atoms. The van der Waals surface area contributed by atoms with Gasteiger partial charge in [-0.25, -0.2) is 0 Å². The zero-order valence-corrected chi connectivity index (χ0v) is 9.80. The maximum Gasteiger partial charge on any atom is 0.230 e. The van der Waals surface area contributed by atoms with Crippen molar-refractivity contribution in [1.82, 2.24) is 0 Å². The Morgan fingerprint density at radius 1 is 1.41 bits per heavy atom. The van der Waals surface area contributed by atoms with Crippen LogP contribution in [0.1, 0.15) is 19.3 Å². The number of nitrogen functional groups attached to an aromatic ring is 1. The molecule has 1 aliphatic rings. The molecule has 0 aliphatic heterocycles. The number of nitrogens with two attached hydrogens (primary N) is 1. The highest BCUT2D eigenvalue weighted by atomic mass is 16.3. The molecule has 1 aromatic carbocycles. The molecule has 4 heteroatoms. The van der Waals surface area contributed by atoms with Gasteiger partial charge >= 0.3 is 0 Å². The Balaban J connectivity index is 2.21. The van der Waals surface area contributed by atoms with Gasteiger partial charge in [0.1, 0.15) is 0 Å². The van der Waals surface area contributed by atoms with Gasteiger partial charge in [0.2, 0.25) is 5.91 Å². The minimum Gasteiger partial charge on any atom is -0.397 e. The molecular weight excluding hydrogens is 216 g/mol. The molecule has 2 rings (SSSR count). The van der Waals surface area contributed by atoms with Crippen molar-refractivity contribution >= 4 is 17.3 Å². The first-order chi connectivity index (χ1) is 8.24.